The van der Waals surface area contributed by atoms with Crippen molar-refractivity contribution in [3.05, 3.63) is 0 Å². The van der Waals surface area contributed by atoms with Gasteiger partial charge in [0.2, 0.25) is 11.8 Å². The van der Waals surface area contributed by atoms with Crippen LogP contribution in [0.25, 0.3) is 0 Å². The number of piperazine rings is 1. The second-order valence-corrected chi connectivity index (χ2v) is 3.86. The minimum absolute atomic E-state index is 0.00284. The second kappa shape index (κ2) is 6.44. The lowest BCUT2D eigenvalue weighted by Crippen LogP contribution is -2.59. The standard InChI is InChI=1S/C10H19N3O3/c1-2-7(3-4-14)13-10(16)8-5-12-9(15)6-11-8/h7-8,11,14H,2-6H2,1H3,(H,12,15)(H,13,16). The van der Waals surface area contributed by atoms with E-state index in [1.165, 1.54) is 0 Å². The molecule has 1 rings (SSSR count). The highest BCUT2D eigenvalue weighted by molar-refractivity contribution is 5.86. The summed E-state index contributed by atoms with van der Waals surface area (Å²) >= 11 is 0. The van der Waals surface area contributed by atoms with Crippen molar-refractivity contribution < 1.29 is 14.7 Å². The average molecular weight is 229 g/mol. The van der Waals surface area contributed by atoms with E-state index in [9.17, 15) is 9.59 Å². The van der Waals surface area contributed by atoms with Crippen LogP contribution in [0.15, 0.2) is 0 Å². The number of carbonyl (C=O) groups excluding carboxylic acids is 2. The van der Waals surface area contributed by atoms with Crippen LogP contribution in [0.1, 0.15) is 19.8 Å². The first kappa shape index (κ1) is 12.9. The highest BCUT2D eigenvalue weighted by atomic mass is 16.3. The van der Waals surface area contributed by atoms with E-state index in [2.05, 4.69) is 16.0 Å². The van der Waals surface area contributed by atoms with Gasteiger partial charge in [0.1, 0.15) is 6.04 Å². The molecule has 1 saturated heterocycles. The van der Waals surface area contributed by atoms with Gasteiger partial charge in [-0.3, -0.25) is 14.9 Å². The van der Waals surface area contributed by atoms with Gasteiger partial charge in [0, 0.05) is 19.2 Å². The third-order valence-electron chi connectivity index (χ3n) is 2.65. The third kappa shape index (κ3) is 3.79. The van der Waals surface area contributed by atoms with Gasteiger partial charge in [-0.25, -0.2) is 0 Å². The molecule has 0 radical (unpaired) electrons. The number of amides is 2. The molecule has 1 fully saturated rings. The topological polar surface area (TPSA) is 90.5 Å². The summed E-state index contributed by atoms with van der Waals surface area (Å²) in [7, 11) is 0. The van der Waals surface area contributed by atoms with E-state index in [-0.39, 0.29) is 37.0 Å². The van der Waals surface area contributed by atoms with Gasteiger partial charge in [0.15, 0.2) is 0 Å². The highest BCUT2D eigenvalue weighted by Crippen LogP contribution is 1.98. The Kier molecular flexibility index (Phi) is 5.21. The second-order valence-electron chi connectivity index (χ2n) is 3.86. The molecule has 2 amide bonds. The Morgan fingerprint density at radius 1 is 1.69 bits per heavy atom. The van der Waals surface area contributed by atoms with Crippen molar-refractivity contribution >= 4 is 11.8 Å². The van der Waals surface area contributed by atoms with Crippen molar-refractivity contribution in [2.75, 3.05) is 19.7 Å². The molecule has 92 valence electrons. The van der Waals surface area contributed by atoms with Crippen molar-refractivity contribution in [3.8, 4) is 0 Å². The van der Waals surface area contributed by atoms with Gasteiger partial charge < -0.3 is 15.7 Å². The summed E-state index contributed by atoms with van der Waals surface area (Å²) in [5.41, 5.74) is 0. The van der Waals surface area contributed by atoms with Crippen LogP contribution in [0, 0.1) is 0 Å². The molecule has 0 spiro atoms. The summed E-state index contributed by atoms with van der Waals surface area (Å²) in [4.78, 5) is 22.6. The SMILES string of the molecule is CCC(CCO)NC(=O)C1CNC(=O)CN1. The summed E-state index contributed by atoms with van der Waals surface area (Å²) in [6.45, 7) is 2.51. The Bertz CT molecular complexity index is 248. The molecule has 0 saturated carbocycles. The predicted molar refractivity (Wildman–Crippen MR) is 58.7 cm³/mol. The van der Waals surface area contributed by atoms with Gasteiger partial charge in [-0.05, 0) is 12.8 Å². The van der Waals surface area contributed by atoms with E-state index in [1.807, 2.05) is 6.92 Å². The Morgan fingerprint density at radius 2 is 2.44 bits per heavy atom. The summed E-state index contributed by atoms with van der Waals surface area (Å²) in [6.07, 6.45) is 1.34. The monoisotopic (exact) mass is 229 g/mol. The van der Waals surface area contributed by atoms with Crippen LogP contribution in [-0.4, -0.2) is 48.7 Å². The highest BCUT2D eigenvalue weighted by Gasteiger charge is 2.24. The maximum atomic E-state index is 11.7. The number of hydrogen-bond donors (Lipinski definition) is 4. The van der Waals surface area contributed by atoms with Crippen LogP contribution in [0.2, 0.25) is 0 Å². The molecule has 0 aromatic heterocycles. The van der Waals surface area contributed by atoms with Gasteiger partial charge in [-0.15, -0.1) is 0 Å². The lowest BCUT2D eigenvalue weighted by molar-refractivity contribution is -0.127. The van der Waals surface area contributed by atoms with E-state index in [0.717, 1.165) is 6.42 Å². The Balaban J connectivity index is 2.36. The molecule has 16 heavy (non-hydrogen) atoms. The van der Waals surface area contributed by atoms with Crippen LogP contribution in [0.3, 0.4) is 0 Å². The van der Waals surface area contributed by atoms with E-state index < -0.39 is 0 Å². The first-order valence-corrected chi connectivity index (χ1v) is 5.58. The number of aliphatic hydroxyl groups is 1. The lowest BCUT2D eigenvalue weighted by Gasteiger charge is -2.25. The molecule has 2 unspecified atom stereocenters. The fourth-order valence-corrected chi connectivity index (χ4v) is 1.59. The van der Waals surface area contributed by atoms with Crippen LogP contribution in [0.4, 0.5) is 0 Å². The Morgan fingerprint density at radius 3 is 2.94 bits per heavy atom. The summed E-state index contributed by atoms with van der Waals surface area (Å²) in [5, 5.41) is 17.1. The van der Waals surface area contributed by atoms with Gasteiger partial charge in [0.25, 0.3) is 0 Å². The van der Waals surface area contributed by atoms with Gasteiger partial charge in [-0.1, -0.05) is 6.92 Å². The number of nitrogens with one attached hydrogen (secondary N) is 3. The fourth-order valence-electron chi connectivity index (χ4n) is 1.59. The first-order valence-electron chi connectivity index (χ1n) is 5.58. The largest absolute Gasteiger partial charge is 0.396 e. The van der Waals surface area contributed by atoms with E-state index in [0.29, 0.717) is 13.0 Å². The zero-order valence-corrected chi connectivity index (χ0v) is 9.45. The van der Waals surface area contributed by atoms with E-state index in [4.69, 9.17) is 5.11 Å². The van der Waals surface area contributed by atoms with Crippen LogP contribution in [0.5, 0.6) is 0 Å². The molecule has 0 aromatic carbocycles. The van der Waals surface area contributed by atoms with Crippen molar-refractivity contribution in [1.29, 1.82) is 0 Å². The van der Waals surface area contributed by atoms with Crippen molar-refractivity contribution in [1.82, 2.24) is 16.0 Å². The fraction of sp³-hybridized carbons (Fsp3) is 0.800. The van der Waals surface area contributed by atoms with Gasteiger partial charge in [0.05, 0.1) is 6.54 Å². The maximum absolute atomic E-state index is 11.7. The molecule has 1 heterocycles. The molecule has 0 bridgehead atoms. The van der Waals surface area contributed by atoms with Gasteiger partial charge in [-0.2, -0.15) is 0 Å². The molecule has 4 N–H and O–H groups in total. The van der Waals surface area contributed by atoms with Crippen molar-refractivity contribution in [2.45, 2.75) is 31.8 Å². The summed E-state index contributed by atoms with van der Waals surface area (Å²) in [5.74, 6) is -0.216. The molecule has 2 atom stereocenters. The van der Waals surface area contributed by atoms with Gasteiger partial charge >= 0.3 is 0 Å². The van der Waals surface area contributed by atoms with Crippen molar-refractivity contribution in [2.24, 2.45) is 0 Å². The van der Waals surface area contributed by atoms with Crippen LogP contribution >= 0.6 is 0 Å². The Labute approximate surface area is 94.8 Å². The number of rotatable bonds is 5. The number of hydrogen-bond acceptors (Lipinski definition) is 4. The lowest BCUT2D eigenvalue weighted by atomic mass is 10.1. The minimum atomic E-state index is -0.370. The zero-order chi connectivity index (χ0) is 12.0. The molecule has 0 aromatic rings. The smallest absolute Gasteiger partial charge is 0.239 e. The van der Waals surface area contributed by atoms with Crippen LogP contribution in [-0.2, 0) is 9.59 Å². The van der Waals surface area contributed by atoms with E-state index in [1.54, 1.807) is 0 Å². The summed E-state index contributed by atoms with van der Waals surface area (Å²) < 4.78 is 0. The van der Waals surface area contributed by atoms with Crippen LogP contribution < -0.4 is 16.0 Å². The molecular formula is C10H19N3O3. The average Bonchev–Trinajstić information content (AvgIpc) is 2.29. The number of carbonyl (C=O) groups is 2. The first-order chi connectivity index (χ1) is 7.67. The van der Waals surface area contributed by atoms with Crippen molar-refractivity contribution in [3.63, 3.8) is 0 Å². The third-order valence-corrected chi connectivity index (χ3v) is 2.65. The summed E-state index contributed by atoms with van der Waals surface area (Å²) in [6, 6.07) is -0.373. The number of aliphatic hydroxyl groups excluding tert-OH is 1. The zero-order valence-electron chi connectivity index (χ0n) is 9.45. The molecule has 6 heteroatoms. The Hall–Kier alpha value is -1.14. The normalized spacial score (nSPS) is 22.4. The molecule has 1 aliphatic rings. The minimum Gasteiger partial charge on any atom is -0.396 e. The van der Waals surface area contributed by atoms with E-state index >= 15 is 0 Å². The maximum Gasteiger partial charge on any atom is 0.239 e. The predicted octanol–water partition coefficient (Wildman–Crippen LogP) is -1.65. The molecular weight excluding hydrogens is 210 g/mol. The molecule has 6 nitrogen and oxygen atoms in total. The molecule has 0 aliphatic carbocycles. The quantitative estimate of drug-likeness (QED) is 0.455. The molecule has 1 aliphatic heterocycles.